The van der Waals surface area contributed by atoms with Gasteiger partial charge in [0, 0.05) is 19.3 Å². The van der Waals surface area contributed by atoms with Gasteiger partial charge in [-0.1, -0.05) is 43.3 Å². The van der Waals surface area contributed by atoms with E-state index in [0.717, 1.165) is 55.7 Å². The molecule has 0 radical (unpaired) electrons. The Hall–Kier alpha value is -2.56. The van der Waals surface area contributed by atoms with Gasteiger partial charge in [-0.15, -0.1) is 0 Å². The number of carbonyl (C=O) groups excluding carboxylic acids is 1. The summed E-state index contributed by atoms with van der Waals surface area (Å²) in [6.07, 6.45) is 5.78. The van der Waals surface area contributed by atoms with E-state index in [1.165, 1.54) is 0 Å². The van der Waals surface area contributed by atoms with Crippen molar-refractivity contribution >= 4 is 11.9 Å². The molecule has 0 aliphatic carbocycles. The summed E-state index contributed by atoms with van der Waals surface area (Å²) in [4.78, 5) is 19.0. The van der Waals surface area contributed by atoms with E-state index in [0.29, 0.717) is 6.61 Å². The standard InChI is InChI=1S/C21H27N3O2/c1-2-13-22-20-12-11-18(15-23-20)19-10-6-7-14-24(19)21(25)26-16-17-8-4-3-5-9-17/h3-5,8-9,11-12,15,19H,2,6-7,10,13-14,16H2,1H3,(H,22,23). The number of anilines is 1. The smallest absolute Gasteiger partial charge is 0.410 e. The molecular weight excluding hydrogens is 326 g/mol. The second-order valence-electron chi connectivity index (χ2n) is 6.65. The molecule has 1 atom stereocenters. The Morgan fingerprint density at radius 3 is 2.81 bits per heavy atom. The van der Waals surface area contributed by atoms with Gasteiger partial charge >= 0.3 is 6.09 Å². The molecule has 0 spiro atoms. The van der Waals surface area contributed by atoms with Gasteiger partial charge in [-0.05, 0) is 42.9 Å². The highest BCUT2D eigenvalue weighted by atomic mass is 16.6. The van der Waals surface area contributed by atoms with E-state index >= 15 is 0 Å². The van der Waals surface area contributed by atoms with Crippen molar-refractivity contribution in [1.29, 1.82) is 0 Å². The van der Waals surface area contributed by atoms with Crippen LogP contribution < -0.4 is 5.32 Å². The van der Waals surface area contributed by atoms with Crippen LogP contribution in [-0.2, 0) is 11.3 Å². The molecule has 1 saturated heterocycles. The molecule has 5 nitrogen and oxygen atoms in total. The molecule has 5 heteroatoms. The van der Waals surface area contributed by atoms with Gasteiger partial charge in [0.15, 0.2) is 0 Å². The number of hydrogen-bond acceptors (Lipinski definition) is 4. The van der Waals surface area contributed by atoms with Crippen molar-refractivity contribution in [2.24, 2.45) is 0 Å². The van der Waals surface area contributed by atoms with E-state index < -0.39 is 0 Å². The quantitative estimate of drug-likeness (QED) is 0.813. The van der Waals surface area contributed by atoms with Crippen molar-refractivity contribution in [3.05, 3.63) is 59.8 Å². The van der Waals surface area contributed by atoms with Crippen molar-refractivity contribution in [1.82, 2.24) is 9.88 Å². The number of benzene rings is 1. The fourth-order valence-electron chi connectivity index (χ4n) is 3.26. The molecule has 0 saturated carbocycles. The van der Waals surface area contributed by atoms with E-state index in [1.807, 2.05) is 47.5 Å². The number of aromatic nitrogens is 1. The lowest BCUT2D eigenvalue weighted by molar-refractivity contribution is 0.0678. The summed E-state index contributed by atoms with van der Waals surface area (Å²) in [5, 5.41) is 3.28. The van der Waals surface area contributed by atoms with Crippen LogP contribution in [0.5, 0.6) is 0 Å². The summed E-state index contributed by atoms with van der Waals surface area (Å²) < 4.78 is 5.55. The van der Waals surface area contributed by atoms with Crippen molar-refractivity contribution in [2.45, 2.75) is 45.3 Å². The third-order valence-electron chi connectivity index (χ3n) is 4.67. The van der Waals surface area contributed by atoms with Crippen molar-refractivity contribution in [3.63, 3.8) is 0 Å². The van der Waals surface area contributed by atoms with Crippen LogP contribution in [0.15, 0.2) is 48.7 Å². The molecule has 2 heterocycles. The number of hydrogen-bond donors (Lipinski definition) is 1. The van der Waals surface area contributed by atoms with Gasteiger partial charge in [0.1, 0.15) is 12.4 Å². The van der Waals surface area contributed by atoms with E-state index in [-0.39, 0.29) is 12.1 Å². The van der Waals surface area contributed by atoms with E-state index in [9.17, 15) is 4.79 Å². The van der Waals surface area contributed by atoms with E-state index in [2.05, 4.69) is 23.3 Å². The average molecular weight is 353 g/mol. The van der Waals surface area contributed by atoms with Crippen LogP contribution in [0.25, 0.3) is 0 Å². The highest BCUT2D eigenvalue weighted by molar-refractivity contribution is 5.68. The largest absolute Gasteiger partial charge is 0.445 e. The number of nitrogens with zero attached hydrogens (tertiary/aromatic N) is 2. The summed E-state index contributed by atoms with van der Waals surface area (Å²) in [5.74, 6) is 0.879. The fourth-order valence-corrected chi connectivity index (χ4v) is 3.26. The van der Waals surface area contributed by atoms with Gasteiger partial charge in [0.25, 0.3) is 0 Å². The zero-order valence-corrected chi connectivity index (χ0v) is 15.4. The lowest BCUT2D eigenvalue weighted by Gasteiger charge is -2.35. The van der Waals surface area contributed by atoms with Gasteiger partial charge in [-0.25, -0.2) is 9.78 Å². The fraction of sp³-hybridized carbons (Fsp3) is 0.429. The van der Waals surface area contributed by atoms with Crippen LogP contribution in [-0.4, -0.2) is 29.1 Å². The Bertz CT molecular complexity index is 688. The van der Waals surface area contributed by atoms with E-state index in [1.54, 1.807) is 0 Å². The predicted molar refractivity (Wildman–Crippen MR) is 103 cm³/mol. The summed E-state index contributed by atoms with van der Waals surface area (Å²) in [7, 11) is 0. The maximum atomic E-state index is 12.6. The molecule has 1 aliphatic heterocycles. The molecule has 1 aromatic heterocycles. The van der Waals surface area contributed by atoms with Gasteiger partial charge < -0.3 is 15.0 Å². The minimum atomic E-state index is -0.244. The van der Waals surface area contributed by atoms with E-state index in [4.69, 9.17) is 4.74 Å². The summed E-state index contributed by atoms with van der Waals surface area (Å²) in [6, 6.07) is 13.9. The number of pyridine rings is 1. The van der Waals surface area contributed by atoms with Gasteiger partial charge in [0.2, 0.25) is 0 Å². The van der Waals surface area contributed by atoms with Crippen LogP contribution >= 0.6 is 0 Å². The minimum Gasteiger partial charge on any atom is -0.445 e. The third-order valence-corrected chi connectivity index (χ3v) is 4.67. The van der Waals surface area contributed by atoms with Crippen molar-refractivity contribution in [2.75, 3.05) is 18.4 Å². The second kappa shape index (κ2) is 9.22. The molecule has 1 N–H and O–H groups in total. The number of nitrogens with one attached hydrogen (secondary N) is 1. The number of ether oxygens (including phenoxy) is 1. The third kappa shape index (κ3) is 4.75. The molecular formula is C21H27N3O2. The summed E-state index contributed by atoms with van der Waals surface area (Å²) in [5.41, 5.74) is 2.07. The molecule has 1 amide bonds. The number of amides is 1. The van der Waals surface area contributed by atoms with Crippen molar-refractivity contribution < 1.29 is 9.53 Å². The van der Waals surface area contributed by atoms with Crippen LogP contribution in [0.3, 0.4) is 0 Å². The minimum absolute atomic E-state index is 0.0414. The zero-order valence-electron chi connectivity index (χ0n) is 15.4. The highest BCUT2D eigenvalue weighted by Crippen LogP contribution is 2.31. The first-order valence-electron chi connectivity index (χ1n) is 9.45. The number of likely N-dealkylation sites (tertiary alicyclic amines) is 1. The van der Waals surface area contributed by atoms with Crippen LogP contribution in [0.4, 0.5) is 10.6 Å². The summed E-state index contributed by atoms with van der Waals surface area (Å²) in [6.45, 7) is 4.07. The lowest BCUT2D eigenvalue weighted by Crippen LogP contribution is -2.38. The molecule has 1 aromatic carbocycles. The molecule has 138 valence electrons. The maximum absolute atomic E-state index is 12.6. The lowest BCUT2D eigenvalue weighted by atomic mass is 9.97. The monoisotopic (exact) mass is 353 g/mol. The van der Waals surface area contributed by atoms with Gasteiger partial charge in [0.05, 0.1) is 6.04 Å². The first kappa shape index (κ1) is 18.2. The maximum Gasteiger partial charge on any atom is 0.410 e. The Kier molecular flexibility index (Phi) is 6.47. The Balaban J connectivity index is 1.64. The summed E-state index contributed by atoms with van der Waals surface area (Å²) >= 11 is 0. The molecule has 1 aliphatic rings. The van der Waals surface area contributed by atoms with Crippen LogP contribution in [0.1, 0.15) is 49.8 Å². The predicted octanol–water partition coefficient (Wildman–Crippen LogP) is 4.77. The first-order chi connectivity index (χ1) is 12.8. The molecule has 0 bridgehead atoms. The molecule has 2 aromatic rings. The van der Waals surface area contributed by atoms with Gasteiger partial charge in [-0.3, -0.25) is 0 Å². The molecule has 3 rings (SSSR count). The SMILES string of the molecule is CCCNc1ccc(C2CCCCN2C(=O)OCc2ccccc2)cn1. The van der Waals surface area contributed by atoms with Crippen LogP contribution in [0, 0.1) is 0 Å². The first-order valence-corrected chi connectivity index (χ1v) is 9.45. The Morgan fingerprint density at radius 1 is 1.23 bits per heavy atom. The normalized spacial score (nSPS) is 17.0. The number of carbonyl (C=O) groups is 1. The Labute approximate surface area is 155 Å². The highest BCUT2D eigenvalue weighted by Gasteiger charge is 2.29. The number of piperidine rings is 1. The topological polar surface area (TPSA) is 54.5 Å². The van der Waals surface area contributed by atoms with Crippen LogP contribution in [0.2, 0.25) is 0 Å². The molecule has 26 heavy (non-hydrogen) atoms. The number of rotatable bonds is 6. The average Bonchev–Trinajstić information content (AvgIpc) is 2.71. The molecule has 1 unspecified atom stereocenters. The second-order valence-corrected chi connectivity index (χ2v) is 6.65. The van der Waals surface area contributed by atoms with Crippen molar-refractivity contribution in [3.8, 4) is 0 Å². The zero-order chi connectivity index (χ0) is 18.2. The Morgan fingerprint density at radius 2 is 2.08 bits per heavy atom. The van der Waals surface area contributed by atoms with Gasteiger partial charge in [-0.2, -0.15) is 0 Å². The molecule has 1 fully saturated rings.